The number of nitrogens with zero attached hydrogens (tertiary/aromatic N) is 4. The lowest BCUT2D eigenvalue weighted by atomic mass is 10.2. The van der Waals surface area contributed by atoms with Crippen LogP contribution < -0.4 is 4.90 Å². The number of anilines is 1. The van der Waals surface area contributed by atoms with Crippen LogP contribution in [0.5, 0.6) is 0 Å². The molecule has 0 radical (unpaired) electrons. The monoisotopic (exact) mass is 256 g/mol. The van der Waals surface area contributed by atoms with Crippen molar-refractivity contribution >= 4 is 23.3 Å². The van der Waals surface area contributed by atoms with Crippen LogP contribution in [0.4, 0.5) is 5.82 Å². The van der Waals surface area contributed by atoms with Gasteiger partial charge >= 0.3 is 0 Å². The fourth-order valence-electron chi connectivity index (χ4n) is 1.73. The van der Waals surface area contributed by atoms with Crippen LogP contribution in [0.15, 0.2) is 6.33 Å². The molecule has 1 aliphatic rings. The Balaban J connectivity index is 2.28. The van der Waals surface area contributed by atoms with Crippen molar-refractivity contribution in [1.29, 1.82) is 0 Å². The number of piperazine rings is 1. The molecule has 7 heteroatoms. The molecule has 1 N–H and O–H groups in total. The Labute approximate surface area is 104 Å². The van der Waals surface area contributed by atoms with E-state index in [0.717, 1.165) is 0 Å². The Hall–Kier alpha value is -1.40. The third-order valence-corrected chi connectivity index (χ3v) is 3.11. The first-order valence-electron chi connectivity index (χ1n) is 5.22. The van der Waals surface area contributed by atoms with Gasteiger partial charge in [0, 0.05) is 20.1 Å². The van der Waals surface area contributed by atoms with E-state index < -0.39 is 0 Å². The fraction of sp³-hybridized carbons (Fsp3) is 0.500. The van der Waals surface area contributed by atoms with Crippen LogP contribution in [0.25, 0.3) is 0 Å². The first kappa shape index (κ1) is 12.1. The van der Waals surface area contributed by atoms with E-state index in [2.05, 4.69) is 9.97 Å². The van der Waals surface area contributed by atoms with Crippen LogP contribution in [0.3, 0.4) is 0 Å². The van der Waals surface area contributed by atoms with Crippen molar-refractivity contribution in [1.82, 2.24) is 14.9 Å². The van der Waals surface area contributed by atoms with Crippen LogP contribution in [0.2, 0.25) is 5.15 Å². The van der Waals surface area contributed by atoms with E-state index in [1.54, 1.807) is 16.8 Å². The van der Waals surface area contributed by atoms with Gasteiger partial charge in [-0.25, -0.2) is 9.97 Å². The number of amides is 1. The highest BCUT2D eigenvalue weighted by molar-refractivity contribution is 6.30. The van der Waals surface area contributed by atoms with Crippen molar-refractivity contribution in [2.45, 2.75) is 6.61 Å². The lowest BCUT2D eigenvalue weighted by Gasteiger charge is -2.33. The van der Waals surface area contributed by atoms with Crippen molar-refractivity contribution in [2.24, 2.45) is 0 Å². The van der Waals surface area contributed by atoms with Crippen molar-refractivity contribution in [3.05, 3.63) is 17.0 Å². The smallest absolute Gasteiger partial charge is 0.241 e. The molecule has 1 aliphatic heterocycles. The predicted octanol–water partition coefficient (Wildman–Crippen LogP) is -0.0993. The summed E-state index contributed by atoms with van der Waals surface area (Å²) in [6.45, 7) is 1.31. The van der Waals surface area contributed by atoms with Crippen LogP contribution in [0, 0.1) is 0 Å². The van der Waals surface area contributed by atoms with Crippen molar-refractivity contribution in [3.63, 3.8) is 0 Å². The maximum absolute atomic E-state index is 11.6. The number of carbonyl (C=O) groups excluding carboxylic acids is 1. The highest BCUT2D eigenvalue weighted by Gasteiger charge is 2.24. The molecule has 0 aromatic carbocycles. The first-order valence-corrected chi connectivity index (χ1v) is 5.60. The zero-order valence-corrected chi connectivity index (χ0v) is 10.2. The van der Waals surface area contributed by atoms with E-state index in [-0.39, 0.29) is 24.2 Å². The number of aromatic nitrogens is 2. The van der Waals surface area contributed by atoms with E-state index in [1.165, 1.54) is 6.33 Å². The summed E-state index contributed by atoms with van der Waals surface area (Å²) < 4.78 is 0. The van der Waals surface area contributed by atoms with Crippen molar-refractivity contribution < 1.29 is 9.90 Å². The van der Waals surface area contributed by atoms with E-state index >= 15 is 0 Å². The zero-order chi connectivity index (χ0) is 12.4. The maximum atomic E-state index is 11.6. The molecule has 1 aromatic rings. The van der Waals surface area contributed by atoms with E-state index in [0.29, 0.717) is 24.5 Å². The van der Waals surface area contributed by atoms with E-state index in [9.17, 15) is 9.90 Å². The summed E-state index contributed by atoms with van der Waals surface area (Å²) in [6, 6.07) is 0. The summed E-state index contributed by atoms with van der Waals surface area (Å²) in [4.78, 5) is 23.0. The molecule has 0 bridgehead atoms. The number of likely N-dealkylation sites (N-methyl/N-ethyl adjacent to an activating group) is 1. The van der Waals surface area contributed by atoms with Crippen LogP contribution in [-0.2, 0) is 11.4 Å². The van der Waals surface area contributed by atoms with Gasteiger partial charge in [0.25, 0.3) is 0 Å². The third kappa shape index (κ3) is 2.32. The number of hydrogen-bond acceptors (Lipinski definition) is 5. The molecule has 0 saturated carbocycles. The van der Waals surface area contributed by atoms with Gasteiger partial charge in [0.15, 0.2) is 0 Å². The highest BCUT2D eigenvalue weighted by Crippen LogP contribution is 2.24. The molecule has 0 atom stereocenters. The molecule has 1 aromatic heterocycles. The molecule has 0 spiro atoms. The second kappa shape index (κ2) is 4.85. The van der Waals surface area contributed by atoms with Gasteiger partial charge in [0.2, 0.25) is 5.91 Å². The summed E-state index contributed by atoms with van der Waals surface area (Å²) in [5.74, 6) is 0.559. The predicted molar refractivity (Wildman–Crippen MR) is 62.8 cm³/mol. The number of carbonyl (C=O) groups is 1. The van der Waals surface area contributed by atoms with Gasteiger partial charge in [-0.15, -0.1) is 0 Å². The van der Waals surface area contributed by atoms with Crippen molar-refractivity contribution in [3.8, 4) is 0 Å². The molecular formula is C10H13ClN4O2. The van der Waals surface area contributed by atoms with Crippen LogP contribution in [0.1, 0.15) is 5.56 Å². The molecule has 2 heterocycles. The quantitative estimate of drug-likeness (QED) is 0.749. The average Bonchev–Trinajstić information content (AvgIpc) is 2.32. The van der Waals surface area contributed by atoms with Crippen LogP contribution >= 0.6 is 11.6 Å². The minimum absolute atomic E-state index is 0.0230. The van der Waals surface area contributed by atoms with Crippen molar-refractivity contribution in [2.75, 3.05) is 31.6 Å². The number of hydrogen-bond donors (Lipinski definition) is 1. The largest absolute Gasteiger partial charge is 0.391 e. The summed E-state index contributed by atoms with van der Waals surface area (Å²) in [5, 5.41) is 9.49. The molecule has 1 saturated heterocycles. The summed E-state index contributed by atoms with van der Waals surface area (Å²) >= 11 is 5.88. The number of aliphatic hydroxyl groups is 1. The minimum atomic E-state index is -0.241. The molecular weight excluding hydrogens is 244 g/mol. The first-order chi connectivity index (χ1) is 8.13. The Kier molecular flexibility index (Phi) is 3.44. The summed E-state index contributed by atoms with van der Waals surface area (Å²) in [6.07, 6.45) is 1.33. The Morgan fingerprint density at radius 2 is 2.24 bits per heavy atom. The second-order valence-electron chi connectivity index (χ2n) is 3.86. The molecule has 0 unspecified atom stereocenters. The molecule has 2 rings (SSSR count). The molecule has 1 fully saturated rings. The van der Waals surface area contributed by atoms with Gasteiger partial charge in [0.05, 0.1) is 18.7 Å². The van der Waals surface area contributed by atoms with Gasteiger partial charge in [-0.2, -0.15) is 0 Å². The van der Waals surface area contributed by atoms with Gasteiger partial charge in [-0.1, -0.05) is 11.6 Å². The standard InChI is InChI=1S/C10H13ClN4O2/c1-14-2-3-15(4-8(14)17)10-7(5-16)9(11)12-6-13-10/h6,16H,2-5H2,1H3. The van der Waals surface area contributed by atoms with Gasteiger partial charge in [0.1, 0.15) is 17.3 Å². The second-order valence-corrected chi connectivity index (χ2v) is 4.22. The topological polar surface area (TPSA) is 69.6 Å². The zero-order valence-electron chi connectivity index (χ0n) is 9.43. The number of halogens is 1. The van der Waals surface area contributed by atoms with Gasteiger partial charge < -0.3 is 14.9 Å². The fourth-order valence-corrected chi connectivity index (χ4v) is 1.92. The molecule has 92 valence electrons. The SMILES string of the molecule is CN1CCN(c2ncnc(Cl)c2CO)CC1=O. The lowest BCUT2D eigenvalue weighted by Crippen LogP contribution is -2.49. The maximum Gasteiger partial charge on any atom is 0.241 e. The highest BCUT2D eigenvalue weighted by atomic mass is 35.5. The molecule has 0 aliphatic carbocycles. The minimum Gasteiger partial charge on any atom is -0.391 e. The summed E-state index contributed by atoms with van der Waals surface area (Å²) in [5.41, 5.74) is 0.464. The van der Waals surface area contributed by atoms with Gasteiger partial charge in [-0.05, 0) is 0 Å². The normalized spacial score (nSPS) is 16.5. The summed E-state index contributed by atoms with van der Waals surface area (Å²) in [7, 11) is 1.76. The molecule has 17 heavy (non-hydrogen) atoms. The molecule has 6 nitrogen and oxygen atoms in total. The Morgan fingerprint density at radius 1 is 1.47 bits per heavy atom. The number of aliphatic hydroxyl groups excluding tert-OH is 1. The average molecular weight is 257 g/mol. The number of rotatable bonds is 2. The third-order valence-electron chi connectivity index (χ3n) is 2.78. The molecule has 1 amide bonds. The van der Waals surface area contributed by atoms with Gasteiger partial charge in [-0.3, -0.25) is 4.79 Å². The Morgan fingerprint density at radius 3 is 2.88 bits per heavy atom. The Bertz CT molecular complexity index is 440. The lowest BCUT2D eigenvalue weighted by molar-refractivity contribution is -0.129. The van der Waals surface area contributed by atoms with E-state index in [1.807, 2.05) is 0 Å². The van der Waals surface area contributed by atoms with Crippen LogP contribution in [-0.4, -0.2) is 52.6 Å². The van der Waals surface area contributed by atoms with E-state index in [4.69, 9.17) is 11.6 Å².